The normalized spacial score (nSPS) is 19.2. The number of rotatable bonds is 5. The maximum absolute atomic E-state index is 14.5. The monoisotopic (exact) mass is 553 g/mol. The number of likely N-dealkylation sites (tertiary alicyclic amines) is 1. The van der Waals surface area contributed by atoms with Gasteiger partial charge < -0.3 is 19.7 Å². The van der Waals surface area contributed by atoms with Crippen molar-refractivity contribution in [2.45, 2.75) is 44.4 Å². The molecule has 200 valence electrons. The van der Waals surface area contributed by atoms with Crippen LogP contribution in [0.15, 0.2) is 40.1 Å². The van der Waals surface area contributed by atoms with Crippen LogP contribution in [0.4, 0.5) is 4.39 Å². The molecule has 6 rings (SSSR count). The molecule has 2 aromatic heterocycles. The first-order chi connectivity index (χ1) is 17.1. The Kier molecular flexibility index (Phi) is 8.42. The van der Waals surface area contributed by atoms with E-state index < -0.39 is 0 Å². The number of hydrogen-bond acceptors (Lipinski definition) is 7. The Morgan fingerprint density at radius 2 is 1.70 bits per heavy atom. The van der Waals surface area contributed by atoms with Gasteiger partial charge in [-0.2, -0.15) is 0 Å². The van der Waals surface area contributed by atoms with Gasteiger partial charge in [-0.25, -0.2) is 9.37 Å². The van der Waals surface area contributed by atoms with Gasteiger partial charge in [0.15, 0.2) is 11.5 Å². The van der Waals surface area contributed by atoms with Crippen LogP contribution in [-0.4, -0.2) is 57.9 Å². The SMILES string of the molecule is Cl.Cl.O=c1cnc2ccc(=O)n3c2n1CC[C@H]3CN1CCC(NCc2cc3c(cc2F)OCCO3)CC1. The number of halogens is 3. The van der Waals surface area contributed by atoms with Crippen molar-refractivity contribution in [2.75, 3.05) is 32.8 Å². The van der Waals surface area contributed by atoms with Crippen molar-refractivity contribution in [1.29, 1.82) is 0 Å². The van der Waals surface area contributed by atoms with Crippen LogP contribution in [0.2, 0.25) is 0 Å². The van der Waals surface area contributed by atoms with Gasteiger partial charge in [0.25, 0.3) is 11.1 Å². The van der Waals surface area contributed by atoms with Crippen LogP contribution < -0.4 is 25.9 Å². The summed E-state index contributed by atoms with van der Waals surface area (Å²) in [6, 6.07) is 6.66. The standard InChI is InChI=1S/C25H28FN5O4.2ClH/c26-19-12-22-21(34-9-10-35-22)11-16(19)13-27-17-3-6-29(7-4-17)15-18-5-8-30-24(33)14-28-20-1-2-23(32)31(18)25(20)30;;/h1-2,11-12,14,17-18,27H,3-10,13,15H2;2*1H/t18-;;/m0../s1. The van der Waals surface area contributed by atoms with Crippen LogP contribution in [0, 0.1) is 5.82 Å². The molecule has 12 heteroatoms. The van der Waals surface area contributed by atoms with E-state index in [2.05, 4.69) is 15.2 Å². The summed E-state index contributed by atoms with van der Waals surface area (Å²) in [6.07, 6.45) is 3.94. The molecule has 3 aromatic rings. The molecule has 9 nitrogen and oxygen atoms in total. The fourth-order valence-electron chi connectivity index (χ4n) is 5.46. The number of ether oxygens (including phenoxy) is 2. The highest BCUT2D eigenvalue weighted by Gasteiger charge is 2.27. The lowest BCUT2D eigenvalue weighted by atomic mass is 10.0. The molecule has 0 radical (unpaired) electrons. The second-order valence-electron chi connectivity index (χ2n) is 9.48. The molecule has 3 aliphatic heterocycles. The summed E-state index contributed by atoms with van der Waals surface area (Å²) in [5, 5.41) is 3.49. The number of nitrogens with zero attached hydrogens (tertiary/aromatic N) is 4. The van der Waals surface area contributed by atoms with E-state index in [0.717, 1.165) is 38.9 Å². The summed E-state index contributed by atoms with van der Waals surface area (Å²) in [5.74, 6) is 0.776. The zero-order valence-corrected chi connectivity index (χ0v) is 21.9. The van der Waals surface area contributed by atoms with E-state index in [-0.39, 0.29) is 47.8 Å². The molecule has 1 N–H and O–H groups in total. The lowest BCUT2D eigenvalue weighted by Gasteiger charge is -2.37. The van der Waals surface area contributed by atoms with Gasteiger partial charge in [0, 0.05) is 43.4 Å². The fourth-order valence-corrected chi connectivity index (χ4v) is 5.46. The number of nitrogens with one attached hydrogen (secondary N) is 1. The molecular formula is C25H30Cl2FN5O4. The van der Waals surface area contributed by atoms with Gasteiger partial charge in [-0.15, -0.1) is 24.8 Å². The van der Waals surface area contributed by atoms with Crippen LogP contribution in [0.25, 0.3) is 11.2 Å². The van der Waals surface area contributed by atoms with Crippen LogP contribution in [-0.2, 0) is 13.1 Å². The lowest BCUT2D eigenvalue weighted by molar-refractivity contribution is 0.163. The van der Waals surface area contributed by atoms with Crippen LogP contribution in [0.5, 0.6) is 11.5 Å². The Morgan fingerprint density at radius 1 is 0.973 bits per heavy atom. The van der Waals surface area contributed by atoms with Gasteiger partial charge in [-0.05, 0) is 44.5 Å². The molecule has 0 aliphatic carbocycles. The van der Waals surface area contributed by atoms with Crippen LogP contribution >= 0.6 is 24.8 Å². The molecule has 1 saturated heterocycles. The third-order valence-electron chi connectivity index (χ3n) is 7.31. The zero-order chi connectivity index (χ0) is 23.9. The number of pyridine rings is 1. The van der Waals surface area contributed by atoms with Crippen molar-refractivity contribution < 1.29 is 13.9 Å². The number of benzene rings is 1. The summed E-state index contributed by atoms with van der Waals surface area (Å²) >= 11 is 0. The lowest BCUT2D eigenvalue weighted by Crippen LogP contribution is -2.46. The van der Waals surface area contributed by atoms with Gasteiger partial charge in [-0.1, -0.05) is 0 Å². The number of hydrogen-bond donors (Lipinski definition) is 1. The van der Waals surface area contributed by atoms with Crippen molar-refractivity contribution in [3.05, 3.63) is 62.6 Å². The van der Waals surface area contributed by atoms with Gasteiger partial charge in [0.05, 0.1) is 12.2 Å². The first kappa shape index (κ1) is 27.4. The number of piperidine rings is 1. The van der Waals surface area contributed by atoms with Crippen molar-refractivity contribution in [1.82, 2.24) is 24.3 Å². The first-order valence-electron chi connectivity index (χ1n) is 12.2. The third-order valence-corrected chi connectivity index (χ3v) is 7.31. The second-order valence-corrected chi connectivity index (χ2v) is 9.48. The zero-order valence-electron chi connectivity index (χ0n) is 20.2. The summed E-state index contributed by atoms with van der Waals surface area (Å²) in [7, 11) is 0. The minimum absolute atomic E-state index is 0. The predicted octanol–water partition coefficient (Wildman–Crippen LogP) is 2.51. The highest BCUT2D eigenvalue weighted by Crippen LogP contribution is 2.32. The largest absolute Gasteiger partial charge is 0.486 e. The van der Waals surface area contributed by atoms with Gasteiger partial charge in [-0.3, -0.25) is 18.7 Å². The minimum atomic E-state index is -0.287. The number of aromatic nitrogens is 3. The molecule has 0 amide bonds. The first-order valence-corrected chi connectivity index (χ1v) is 12.2. The van der Waals surface area contributed by atoms with Crippen LogP contribution in [0.3, 0.4) is 0 Å². The van der Waals surface area contributed by atoms with E-state index in [9.17, 15) is 14.0 Å². The molecule has 0 unspecified atom stereocenters. The maximum atomic E-state index is 14.5. The topological polar surface area (TPSA) is 90.6 Å². The summed E-state index contributed by atoms with van der Waals surface area (Å²) < 4.78 is 28.9. The highest BCUT2D eigenvalue weighted by molar-refractivity contribution is 5.85. The average Bonchev–Trinajstić information content (AvgIpc) is 2.87. The maximum Gasteiger partial charge on any atom is 0.270 e. The minimum Gasteiger partial charge on any atom is -0.486 e. The number of fused-ring (bicyclic) bond motifs is 1. The van der Waals surface area contributed by atoms with Crippen molar-refractivity contribution in [3.8, 4) is 11.5 Å². The Morgan fingerprint density at radius 3 is 2.46 bits per heavy atom. The third kappa shape index (κ3) is 5.34. The van der Waals surface area contributed by atoms with Crippen molar-refractivity contribution >= 4 is 36.0 Å². The molecule has 1 aromatic carbocycles. The van der Waals surface area contributed by atoms with Crippen molar-refractivity contribution in [3.63, 3.8) is 0 Å². The Labute approximate surface area is 225 Å². The summed E-state index contributed by atoms with van der Waals surface area (Å²) in [5.41, 5.74) is 1.61. The van der Waals surface area contributed by atoms with E-state index in [1.54, 1.807) is 21.3 Å². The number of aryl methyl sites for hydroxylation is 1. The molecule has 37 heavy (non-hydrogen) atoms. The molecule has 3 aliphatic rings. The van der Waals surface area contributed by atoms with Crippen molar-refractivity contribution in [2.24, 2.45) is 0 Å². The van der Waals surface area contributed by atoms with Gasteiger partial charge in [0.1, 0.15) is 30.2 Å². The van der Waals surface area contributed by atoms with Gasteiger partial charge in [0.2, 0.25) is 0 Å². The van der Waals surface area contributed by atoms with E-state index in [1.165, 1.54) is 18.3 Å². The second kappa shape index (κ2) is 11.4. The predicted molar refractivity (Wildman–Crippen MR) is 142 cm³/mol. The molecular weight excluding hydrogens is 524 g/mol. The van der Waals surface area contributed by atoms with E-state index in [4.69, 9.17) is 9.47 Å². The Hall–Kier alpha value is -2.66. The highest BCUT2D eigenvalue weighted by atomic mass is 35.5. The quantitative estimate of drug-likeness (QED) is 0.519. The molecule has 5 heterocycles. The molecule has 1 fully saturated rings. The Balaban J connectivity index is 0.00000160. The smallest absolute Gasteiger partial charge is 0.270 e. The van der Waals surface area contributed by atoms with Crippen LogP contribution in [0.1, 0.15) is 30.9 Å². The average molecular weight is 554 g/mol. The van der Waals surface area contributed by atoms with Gasteiger partial charge >= 0.3 is 0 Å². The summed E-state index contributed by atoms with van der Waals surface area (Å²) in [6.45, 7) is 4.48. The van der Waals surface area contributed by atoms with E-state index >= 15 is 0 Å². The Bertz CT molecular complexity index is 1380. The van der Waals surface area contributed by atoms with E-state index in [1.807, 2.05) is 0 Å². The summed E-state index contributed by atoms with van der Waals surface area (Å²) in [4.78, 5) is 31.6. The molecule has 1 atom stereocenters. The molecule has 0 spiro atoms. The fraction of sp³-hybridized carbons (Fsp3) is 0.480. The molecule has 0 saturated carbocycles. The molecule has 0 bridgehead atoms. The van der Waals surface area contributed by atoms with E-state index in [0.29, 0.717) is 60.6 Å².